The van der Waals surface area contributed by atoms with Crippen LogP contribution in [0.1, 0.15) is 25.8 Å². The van der Waals surface area contributed by atoms with Crippen LogP contribution >= 0.6 is 23.2 Å². The van der Waals surface area contributed by atoms with Crippen LogP contribution < -0.4 is 0 Å². The first-order valence-electron chi connectivity index (χ1n) is 5.33. The van der Waals surface area contributed by atoms with Gasteiger partial charge in [-0.2, -0.15) is 0 Å². The highest BCUT2D eigenvalue weighted by atomic mass is 35.5. The minimum Gasteiger partial charge on any atom is -0.383 e. The van der Waals surface area contributed by atoms with Gasteiger partial charge in [-0.1, -0.05) is 30.1 Å². The number of rotatable bonds is 5. The molecule has 0 spiro atoms. The molecule has 1 aromatic rings. The van der Waals surface area contributed by atoms with Crippen molar-refractivity contribution in [2.45, 2.75) is 25.9 Å². The maximum atomic E-state index is 13.3. The Morgan fingerprint density at radius 3 is 2.59 bits per heavy atom. The maximum absolute atomic E-state index is 13.3. The van der Waals surface area contributed by atoms with Crippen molar-refractivity contribution < 1.29 is 14.2 Å². The Morgan fingerprint density at radius 1 is 1.35 bits per heavy atom. The summed E-state index contributed by atoms with van der Waals surface area (Å²) in [5, 5.41) is 10.3. The molecule has 17 heavy (non-hydrogen) atoms. The summed E-state index contributed by atoms with van der Waals surface area (Å²) in [5.41, 5.74) is -1.06. The van der Waals surface area contributed by atoms with E-state index in [1.54, 1.807) is 0 Å². The fourth-order valence-electron chi connectivity index (χ4n) is 1.43. The van der Waals surface area contributed by atoms with Gasteiger partial charge in [-0.25, -0.2) is 4.39 Å². The van der Waals surface area contributed by atoms with E-state index < -0.39 is 11.4 Å². The summed E-state index contributed by atoms with van der Waals surface area (Å²) in [6.07, 6.45) is 0.846. The Morgan fingerprint density at radius 2 is 2.00 bits per heavy atom. The van der Waals surface area contributed by atoms with E-state index in [-0.39, 0.29) is 22.2 Å². The van der Waals surface area contributed by atoms with E-state index >= 15 is 0 Å². The maximum Gasteiger partial charge on any atom is 0.142 e. The van der Waals surface area contributed by atoms with Gasteiger partial charge in [-0.05, 0) is 25.5 Å². The molecule has 0 amide bonds. The van der Waals surface area contributed by atoms with Crippen LogP contribution in [0.25, 0.3) is 0 Å². The van der Waals surface area contributed by atoms with Gasteiger partial charge in [-0.15, -0.1) is 0 Å². The van der Waals surface area contributed by atoms with Crippen LogP contribution in [-0.4, -0.2) is 18.3 Å². The third-order valence-electron chi connectivity index (χ3n) is 2.32. The molecule has 0 aliphatic carbocycles. The monoisotopic (exact) mass is 280 g/mol. The van der Waals surface area contributed by atoms with Gasteiger partial charge in [0.05, 0.1) is 11.6 Å². The highest BCUT2D eigenvalue weighted by Gasteiger charge is 2.27. The molecule has 0 radical (unpaired) electrons. The first-order chi connectivity index (χ1) is 7.88. The Bertz CT molecular complexity index is 394. The van der Waals surface area contributed by atoms with Gasteiger partial charge in [-0.3, -0.25) is 0 Å². The van der Waals surface area contributed by atoms with Crippen LogP contribution in [0.3, 0.4) is 0 Å². The van der Waals surface area contributed by atoms with Crippen LogP contribution in [0.15, 0.2) is 12.1 Å². The highest BCUT2D eigenvalue weighted by molar-refractivity contribution is 6.35. The molecule has 1 aromatic carbocycles. The molecule has 96 valence electrons. The molecule has 0 aromatic heterocycles. The van der Waals surface area contributed by atoms with Gasteiger partial charge in [0.2, 0.25) is 0 Å². The SMILES string of the molecule is CCCOCC(C)(O)c1cc(F)c(Cl)cc1Cl. The zero-order valence-corrected chi connectivity index (χ0v) is 11.3. The molecule has 1 N–H and O–H groups in total. The summed E-state index contributed by atoms with van der Waals surface area (Å²) in [6.45, 7) is 4.08. The second kappa shape index (κ2) is 6.01. The minimum atomic E-state index is -1.34. The normalized spacial score (nSPS) is 14.7. The lowest BCUT2D eigenvalue weighted by Gasteiger charge is -2.25. The molecule has 0 bridgehead atoms. The van der Waals surface area contributed by atoms with E-state index in [9.17, 15) is 9.50 Å². The van der Waals surface area contributed by atoms with E-state index in [4.69, 9.17) is 27.9 Å². The highest BCUT2D eigenvalue weighted by Crippen LogP contribution is 2.32. The van der Waals surface area contributed by atoms with Crippen molar-refractivity contribution >= 4 is 23.2 Å². The number of hydrogen-bond donors (Lipinski definition) is 1. The summed E-state index contributed by atoms with van der Waals surface area (Å²) in [5.74, 6) is -0.609. The van der Waals surface area contributed by atoms with Crippen LogP contribution in [-0.2, 0) is 10.3 Å². The minimum absolute atomic E-state index is 0.0572. The van der Waals surface area contributed by atoms with Crippen molar-refractivity contribution in [1.29, 1.82) is 0 Å². The van der Waals surface area contributed by atoms with Crippen molar-refractivity contribution in [3.8, 4) is 0 Å². The van der Waals surface area contributed by atoms with Crippen molar-refractivity contribution in [2.24, 2.45) is 0 Å². The molecule has 1 atom stereocenters. The molecule has 0 aliphatic rings. The fourth-order valence-corrected chi connectivity index (χ4v) is 2.02. The van der Waals surface area contributed by atoms with E-state index in [0.29, 0.717) is 6.61 Å². The summed E-state index contributed by atoms with van der Waals surface area (Å²) in [6, 6.07) is 2.42. The molecule has 0 heterocycles. The number of ether oxygens (including phenoxy) is 1. The lowest BCUT2D eigenvalue weighted by molar-refractivity contribution is -0.0376. The van der Waals surface area contributed by atoms with Crippen molar-refractivity contribution in [3.63, 3.8) is 0 Å². The topological polar surface area (TPSA) is 29.5 Å². The standard InChI is InChI=1S/C12H15Cl2FO2/c1-3-4-17-7-12(2,16)8-5-11(15)10(14)6-9(8)13/h5-6,16H,3-4,7H2,1-2H3. The molecule has 0 saturated carbocycles. The molecular formula is C12H15Cl2FO2. The largest absolute Gasteiger partial charge is 0.383 e. The average Bonchev–Trinajstić information content (AvgIpc) is 2.23. The van der Waals surface area contributed by atoms with Gasteiger partial charge in [0.15, 0.2) is 0 Å². The summed E-state index contributed by atoms with van der Waals surface area (Å²) < 4.78 is 18.6. The third-order valence-corrected chi connectivity index (χ3v) is 2.92. The van der Waals surface area contributed by atoms with Gasteiger partial charge < -0.3 is 9.84 Å². The first-order valence-corrected chi connectivity index (χ1v) is 6.09. The number of halogens is 3. The number of hydrogen-bond acceptors (Lipinski definition) is 2. The van der Waals surface area contributed by atoms with Crippen LogP contribution in [0, 0.1) is 5.82 Å². The zero-order chi connectivity index (χ0) is 13.1. The van der Waals surface area contributed by atoms with Gasteiger partial charge in [0, 0.05) is 17.2 Å². The summed E-state index contributed by atoms with van der Waals surface area (Å²) >= 11 is 11.5. The predicted octanol–water partition coefficient (Wildman–Crippen LogP) is 3.77. The van der Waals surface area contributed by atoms with Crippen LogP contribution in [0.4, 0.5) is 4.39 Å². The van der Waals surface area contributed by atoms with Crippen molar-refractivity contribution in [2.75, 3.05) is 13.2 Å². The third kappa shape index (κ3) is 3.81. The lowest BCUT2D eigenvalue weighted by atomic mass is 9.97. The van der Waals surface area contributed by atoms with E-state index in [1.807, 2.05) is 6.92 Å². The summed E-state index contributed by atoms with van der Waals surface area (Å²) in [7, 11) is 0. The summed E-state index contributed by atoms with van der Waals surface area (Å²) in [4.78, 5) is 0. The molecular weight excluding hydrogens is 266 g/mol. The second-order valence-corrected chi connectivity index (χ2v) is 4.89. The zero-order valence-electron chi connectivity index (χ0n) is 9.77. The molecule has 0 saturated heterocycles. The van der Waals surface area contributed by atoms with Crippen LogP contribution in [0.2, 0.25) is 10.0 Å². The number of aliphatic hydroxyl groups is 1. The Hall–Kier alpha value is -0.350. The van der Waals surface area contributed by atoms with Crippen molar-refractivity contribution in [3.05, 3.63) is 33.6 Å². The fraction of sp³-hybridized carbons (Fsp3) is 0.500. The lowest BCUT2D eigenvalue weighted by Crippen LogP contribution is -2.28. The Balaban J connectivity index is 2.93. The van der Waals surface area contributed by atoms with Gasteiger partial charge in [0.1, 0.15) is 11.4 Å². The Kier molecular flexibility index (Phi) is 5.20. The van der Waals surface area contributed by atoms with Crippen molar-refractivity contribution in [1.82, 2.24) is 0 Å². The molecule has 1 rings (SSSR count). The molecule has 2 nitrogen and oxygen atoms in total. The van der Waals surface area contributed by atoms with E-state index in [2.05, 4.69) is 0 Å². The predicted molar refractivity (Wildman–Crippen MR) is 67.1 cm³/mol. The molecule has 5 heteroatoms. The van der Waals surface area contributed by atoms with E-state index in [0.717, 1.165) is 12.5 Å². The smallest absolute Gasteiger partial charge is 0.142 e. The molecule has 0 fully saturated rings. The Labute approximate surface area is 110 Å². The second-order valence-electron chi connectivity index (χ2n) is 4.07. The number of benzene rings is 1. The first kappa shape index (κ1) is 14.7. The van der Waals surface area contributed by atoms with E-state index in [1.165, 1.54) is 13.0 Å². The average molecular weight is 281 g/mol. The van der Waals surface area contributed by atoms with Gasteiger partial charge >= 0.3 is 0 Å². The quantitative estimate of drug-likeness (QED) is 0.657. The molecule has 1 unspecified atom stereocenters. The molecule has 0 aliphatic heterocycles. The van der Waals surface area contributed by atoms with Crippen LogP contribution in [0.5, 0.6) is 0 Å². The van der Waals surface area contributed by atoms with Gasteiger partial charge in [0.25, 0.3) is 0 Å².